The summed E-state index contributed by atoms with van der Waals surface area (Å²) in [5.41, 5.74) is 0. The van der Waals surface area contributed by atoms with Crippen molar-refractivity contribution in [3.05, 3.63) is 22.5 Å². The number of benzene rings is 1. The highest BCUT2D eigenvalue weighted by Crippen LogP contribution is 2.38. The largest absolute Gasteiger partial charge is 0.496 e. The smallest absolute Gasteiger partial charge is 0.133 e. The summed E-state index contributed by atoms with van der Waals surface area (Å²) in [6, 6.07) is 4.12. The summed E-state index contributed by atoms with van der Waals surface area (Å²) in [5, 5.41) is 3.89. The van der Waals surface area contributed by atoms with Crippen LogP contribution in [-0.2, 0) is 0 Å². The third-order valence-electron chi connectivity index (χ3n) is 2.03. The molecule has 4 heteroatoms. The highest BCUT2D eigenvalue weighted by molar-refractivity contribution is 7.98. The Bertz CT molecular complexity index is 464. The van der Waals surface area contributed by atoms with E-state index in [9.17, 15) is 0 Å². The lowest BCUT2D eigenvalue weighted by Crippen LogP contribution is -1.84. The summed E-state index contributed by atoms with van der Waals surface area (Å²) in [7, 11) is 1.69. The van der Waals surface area contributed by atoms with Crippen molar-refractivity contribution in [2.75, 3.05) is 13.4 Å². The fourth-order valence-corrected chi connectivity index (χ4v) is 3.08. The van der Waals surface area contributed by atoms with Gasteiger partial charge in [0.2, 0.25) is 0 Å². The maximum Gasteiger partial charge on any atom is 0.133 e. The molecule has 0 fully saturated rings. The van der Waals surface area contributed by atoms with Gasteiger partial charge in [-0.1, -0.05) is 11.6 Å². The summed E-state index contributed by atoms with van der Waals surface area (Å²) in [6.45, 7) is 0. The lowest BCUT2D eigenvalue weighted by Gasteiger charge is -2.05. The molecule has 0 amide bonds. The minimum absolute atomic E-state index is 0.822. The van der Waals surface area contributed by atoms with Gasteiger partial charge in [-0.3, -0.25) is 0 Å². The van der Waals surface area contributed by atoms with E-state index in [4.69, 9.17) is 16.3 Å². The molecular formula is C10H9ClOS2. The van der Waals surface area contributed by atoms with Crippen LogP contribution in [0.4, 0.5) is 0 Å². The third kappa shape index (κ3) is 1.60. The summed E-state index contributed by atoms with van der Waals surface area (Å²) in [6.07, 6.45) is 2.03. The second-order valence-corrected chi connectivity index (χ2v) is 4.95. The Morgan fingerprint density at radius 3 is 2.86 bits per heavy atom. The van der Waals surface area contributed by atoms with Gasteiger partial charge in [-0.25, -0.2) is 0 Å². The average Bonchev–Trinajstić information content (AvgIpc) is 2.58. The Kier molecular flexibility index (Phi) is 2.91. The molecule has 0 saturated carbocycles. The van der Waals surface area contributed by atoms with Crippen LogP contribution < -0.4 is 4.74 Å². The molecule has 1 heterocycles. The van der Waals surface area contributed by atoms with Crippen molar-refractivity contribution >= 4 is 44.8 Å². The zero-order valence-electron chi connectivity index (χ0n) is 7.83. The Hall–Kier alpha value is -0.380. The van der Waals surface area contributed by atoms with Crippen molar-refractivity contribution < 1.29 is 4.74 Å². The Morgan fingerprint density at radius 1 is 1.43 bits per heavy atom. The topological polar surface area (TPSA) is 9.23 Å². The molecule has 2 aromatic rings. The minimum Gasteiger partial charge on any atom is -0.496 e. The molecular weight excluding hydrogens is 236 g/mol. The fraction of sp³-hybridized carbons (Fsp3) is 0.200. The molecule has 74 valence electrons. The van der Waals surface area contributed by atoms with Crippen molar-refractivity contribution in [1.29, 1.82) is 0 Å². The van der Waals surface area contributed by atoms with Gasteiger partial charge < -0.3 is 4.74 Å². The number of hydrogen-bond donors (Lipinski definition) is 0. The fourth-order valence-electron chi connectivity index (χ4n) is 1.32. The molecule has 0 spiro atoms. The van der Waals surface area contributed by atoms with E-state index >= 15 is 0 Å². The molecule has 0 aliphatic heterocycles. The summed E-state index contributed by atoms with van der Waals surface area (Å²) in [4.78, 5) is 1.13. The predicted molar refractivity (Wildman–Crippen MR) is 65.2 cm³/mol. The maximum atomic E-state index is 6.06. The average molecular weight is 245 g/mol. The summed E-state index contributed by atoms with van der Waals surface area (Å²) >= 11 is 9.37. The zero-order chi connectivity index (χ0) is 10.1. The van der Waals surface area contributed by atoms with Crippen molar-refractivity contribution in [2.24, 2.45) is 0 Å². The normalized spacial score (nSPS) is 10.8. The molecule has 1 aromatic heterocycles. The lowest BCUT2D eigenvalue weighted by molar-refractivity contribution is 0.405. The molecule has 0 aliphatic carbocycles. The highest BCUT2D eigenvalue weighted by Gasteiger charge is 2.08. The van der Waals surface area contributed by atoms with Crippen molar-refractivity contribution in [3.63, 3.8) is 0 Å². The quantitative estimate of drug-likeness (QED) is 0.729. The number of rotatable bonds is 2. The first-order chi connectivity index (χ1) is 6.76. The number of thioether (sulfide) groups is 1. The predicted octanol–water partition coefficient (Wildman–Crippen LogP) is 4.29. The Morgan fingerprint density at radius 2 is 2.21 bits per heavy atom. The van der Waals surface area contributed by atoms with Crippen LogP contribution in [0.1, 0.15) is 0 Å². The van der Waals surface area contributed by atoms with Gasteiger partial charge in [0.15, 0.2) is 0 Å². The van der Waals surface area contributed by atoms with Crippen LogP contribution in [0, 0.1) is 0 Å². The van der Waals surface area contributed by atoms with Gasteiger partial charge in [0.1, 0.15) is 5.75 Å². The SMILES string of the molecule is COc1cc2scc(Cl)c2cc1SC. The monoisotopic (exact) mass is 244 g/mol. The van der Waals surface area contributed by atoms with Gasteiger partial charge in [-0.15, -0.1) is 23.1 Å². The van der Waals surface area contributed by atoms with Gasteiger partial charge >= 0.3 is 0 Å². The van der Waals surface area contributed by atoms with Crippen LogP contribution in [0.2, 0.25) is 5.02 Å². The zero-order valence-corrected chi connectivity index (χ0v) is 10.2. The molecule has 0 aliphatic rings. The molecule has 1 aromatic carbocycles. The number of halogens is 1. The third-order valence-corrected chi connectivity index (χ3v) is 4.18. The molecule has 0 bridgehead atoms. The van der Waals surface area contributed by atoms with E-state index in [0.717, 1.165) is 21.1 Å². The van der Waals surface area contributed by atoms with Gasteiger partial charge in [-0.05, 0) is 18.4 Å². The number of fused-ring (bicyclic) bond motifs is 1. The van der Waals surface area contributed by atoms with Gasteiger partial charge in [0.05, 0.1) is 12.1 Å². The van der Waals surface area contributed by atoms with E-state index in [1.54, 1.807) is 30.2 Å². The van der Waals surface area contributed by atoms with Crippen LogP contribution in [0.25, 0.3) is 10.1 Å². The first-order valence-corrected chi connectivity index (χ1v) is 6.53. The van der Waals surface area contributed by atoms with Crippen LogP contribution >= 0.6 is 34.7 Å². The highest BCUT2D eigenvalue weighted by atomic mass is 35.5. The number of ether oxygens (including phenoxy) is 1. The molecule has 0 saturated heterocycles. The second kappa shape index (κ2) is 4.01. The van der Waals surface area contributed by atoms with Crippen LogP contribution in [-0.4, -0.2) is 13.4 Å². The Balaban J connectivity index is 2.71. The summed E-state index contributed by atoms with van der Waals surface area (Å²) in [5.74, 6) is 0.920. The Labute approximate surface area is 96.0 Å². The van der Waals surface area contributed by atoms with Crippen LogP contribution in [0.3, 0.4) is 0 Å². The lowest BCUT2D eigenvalue weighted by atomic mass is 10.2. The number of methoxy groups -OCH3 is 1. The van der Waals surface area contributed by atoms with Crippen LogP contribution in [0.15, 0.2) is 22.4 Å². The molecule has 2 rings (SSSR count). The molecule has 0 radical (unpaired) electrons. The molecule has 0 unspecified atom stereocenters. The van der Waals surface area contributed by atoms with E-state index in [0.29, 0.717) is 0 Å². The van der Waals surface area contributed by atoms with Crippen LogP contribution in [0.5, 0.6) is 5.75 Å². The van der Waals surface area contributed by atoms with Crippen molar-refractivity contribution in [1.82, 2.24) is 0 Å². The first kappa shape index (κ1) is 10.1. The van der Waals surface area contributed by atoms with E-state index < -0.39 is 0 Å². The van der Waals surface area contributed by atoms with Gasteiger partial charge in [-0.2, -0.15) is 0 Å². The van der Waals surface area contributed by atoms with Gasteiger partial charge in [0, 0.05) is 20.4 Å². The van der Waals surface area contributed by atoms with E-state index in [1.807, 2.05) is 17.7 Å². The van der Waals surface area contributed by atoms with Gasteiger partial charge in [0.25, 0.3) is 0 Å². The molecule has 1 nitrogen and oxygen atoms in total. The maximum absolute atomic E-state index is 6.06. The first-order valence-electron chi connectivity index (χ1n) is 4.05. The number of thiophene rings is 1. The van der Waals surface area contributed by atoms with Crippen molar-refractivity contribution in [2.45, 2.75) is 4.90 Å². The molecule has 14 heavy (non-hydrogen) atoms. The number of hydrogen-bond acceptors (Lipinski definition) is 3. The summed E-state index contributed by atoms with van der Waals surface area (Å²) < 4.78 is 6.47. The second-order valence-electron chi connectivity index (χ2n) is 2.79. The molecule has 0 atom stereocenters. The van der Waals surface area contributed by atoms with E-state index in [2.05, 4.69) is 6.07 Å². The molecule has 0 N–H and O–H groups in total. The standard InChI is InChI=1S/C10H9ClOS2/c1-12-8-4-9-6(3-10(8)13-2)7(11)5-14-9/h3-5H,1-2H3. The minimum atomic E-state index is 0.822. The van der Waals surface area contributed by atoms with E-state index in [1.165, 1.54) is 4.70 Å². The van der Waals surface area contributed by atoms with Crippen molar-refractivity contribution in [3.8, 4) is 5.75 Å². The van der Waals surface area contributed by atoms with E-state index in [-0.39, 0.29) is 0 Å².